The molecule has 2 nitrogen and oxygen atoms in total. The summed E-state index contributed by atoms with van der Waals surface area (Å²) in [4.78, 5) is 0. The third-order valence-electron chi connectivity index (χ3n) is 5.18. The second-order valence-corrected chi connectivity index (χ2v) is 8.41. The van der Waals surface area contributed by atoms with Crippen LogP contribution in [-0.4, -0.2) is 13.2 Å². The molecule has 2 heteroatoms. The number of anilines is 1. The van der Waals surface area contributed by atoms with Crippen LogP contribution in [0.4, 0.5) is 5.69 Å². The van der Waals surface area contributed by atoms with Gasteiger partial charge in [-0.2, -0.15) is 0 Å². The van der Waals surface area contributed by atoms with E-state index < -0.39 is 0 Å². The zero-order valence-corrected chi connectivity index (χ0v) is 18.3. The molecule has 0 aliphatic rings. The number of unbranched alkanes of at least 4 members (excludes halogenated alkanes) is 4. The number of ether oxygens (including phenoxy) is 1. The fourth-order valence-corrected chi connectivity index (χ4v) is 3.41. The summed E-state index contributed by atoms with van der Waals surface area (Å²) in [7, 11) is 0. The summed E-state index contributed by atoms with van der Waals surface area (Å²) >= 11 is 0. The van der Waals surface area contributed by atoms with E-state index in [1.54, 1.807) is 0 Å². The van der Waals surface area contributed by atoms with Gasteiger partial charge in [0.05, 0.1) is 6.61 Å². The molecule has 1 unspecified atom stereocenters. The van der Waals surface area contributed by atoms with Gasteiger partial charge in [-0.1, -0.05) is 77.6 Å². The van der Waals surface area contributed by atoms with Crippen molar-refractivity contribution in [3.8, 4) is 5.75 Å². The van der Waals surface area contributed by atoms with Gasteiger partial charge in [0.15, 0.2) is 0 Å². The van der Waals surface area contributed by atoms with E-state index in [-0.39, 0.29) is 0 Å². The molecular weight excluding hydrogens is 342 g/mol. The van der Waals surface area contributed by atoms with Gasteiger partial charge in [0.2, 0.25) is 0 Å². The topological polar surface area (TPSA) is 21.3 Å². The third kappa shape index (κ3) is 8.37. The Morgan fingerprint density at radius 2 is 1.50 bits per heavy atom. The zero-order valence-electron chi connectivity index (χ0n) is 18.3. The van der Waals surface area contributed by atoms with Crippen molar-refractivity contribution in [1.82, 2.24) is 0 Å². The first-order chi connectivity index (χ1) is 13.6. The van der Waals surface area contributed by atoms with E-state index in [9.17, 15) is 0 Å². The van der Waals surface area contributed by atoms with Crippen LogP contribution in [0.3, 0.4) is 0 Å². The largest absolute Gasteiger partial charge is 0.494 e. The summed E-state index contributed by atoms with van der Waals surface area (Å²) in [5, 5.41) is 3.55. The van der Waals surface area contributed by atoms with Gasteiger partial charge in [-0.15, -0.1) is 0 Å². The Morgan fingerprint density at radius 1 is 0.821 bits per heavy atom. The van der Waals surface area contributed by atoms with Gasteiger partial charge >= 0.3 is 0 Å². The van der Waals surface area contributed by atoms with Crippen LogP contribution in [-0.2, 0) is 6.42 Å². The molecule has 2 aromatic rings. The highest BCUT2D eigenvalue weighted by molar-refractivity contribution is 5.46. The number of nitrogens with one attached hydrogen (secondary N) is 1. The Hall–Kier alpha value is -1.96. The average molecular weight is 382 g/mol. The third-order valence-corrected chi connectivity index (χ3v) is 5.18. The first-order valence-corrected chi connectivity index (χ1v) is 11.1. The lowest BCUT2D eigenvalue weighted by Crippen LogP contribution is -2.10. The summed E-state index contributed by atoms with van der Waals surface area (Å²) in [6.45, 7) is 10.8. The molecule has 154 valence electrons. The van der Waals surface area contributed by atoms with E-state index in [4.69, 9.17) is 4.74 Å². The SMILES string of the molecule is CCCCCCCOc1ccc(NCC(C)c2ccc(CC(C)C)cc2)cc1. The summed E-state index contributed by atoms with van der Waals surface area (Å²) in [6.07, 6.45) is 7.51. The second-order valence-electron chi connectivity index (χ2n) is 8.41. The van der Waals surface area contributed by atoms with Crippen LogP contribution in [0.5, 0.6) is 5.75 Å². The van der Waals surface area contributed by atoms with Crippen LogP contribution in [0.1, 0.15) is 76.8 Å². The molecule has 2 rings (SSSR count). The second kappa shape index (κ2) is 12.5. The summed E-state index contributed by atoms with van der Waals surface area (Å²) < 4.78 is 5.85. The Balaban J connectivity index is 1.71. The minimum absolute atomic E-state index is 0.479. The molecule has 28 heavy (non-hydrogen) atoms. The molecule has 0 aliphatic heterocycles. The smallest absolute Gasteiger partial charge is 0.119 e. The minimum atomic E-state index is 0.479. The van der Waals surface area contributed by atoms with E-state index in [1.807, 2.05) is 0 Å². The fourth-order valence-electron chi connectivity index (χ4n) is 3.41. The van der Waals surface area contributed by atoms with E-state index in [0.29, 0.717) is 11.8 Å². The molecule has 0 aliphatic carbocycles. The van der Waals surface area contributed by atoms with Crippen LogP contribution in [0.15, 0.2) is 48.5 Å². The molecular formula is C26H39NO. The molecule has 0 fully saturated rings. The number of hydrogen-bond donors (Lipinski definition) is 1. The molecule has 0 amide bonds. The van der Waals surface area contributed by atoms with Gasteiger partial charge in [-0.05, 0) is 60.1 Å². The van der Waals surface area contributed by atoms with Gasteiger partial charge in [0, 0.05) is 12.2 Å². The summed E-state index contributed by atoms with van der Waals surface area (Å²) in [5.74, 6) is 2.15. The van der Waals surface area contributed by atoms with Crippen molar-refractivity contribution in [2.24, 2.45) is 5.92 Å². The average Bonchev–Trinajstić information content (AvgIpc) is 2.70. The first-order valence-electron chi connectivity index (χ1n) is 11.1. The number of benzene rings is 2. The minimum Gasteiger partial charge on any atom is -0.494 e. The van der Waals surface area contributed by atoms with Crippen LogP contribution in [0.25, 0.3) is 0 Å². The Kier molecular flexibility index (Phi) is 9.96. The summed E-state index contributed by atoms with van der Waals surface area (Å²) in [6, 6.07) is 17.5. The molecule has 0 saturated carbocycles. The Bertz CT molecular complexity index is 645. The quantitative estimate of drug-likeness (QED) is 0.364. The van der Waals surface area contributed by atoms with Crippen molar-refractivity contribution in [3.63, 3.8) is 0 Å². The van der Waals surface area contributed by atoms with Crippen molar-refractivity contribution in [3.05, 3.63) is 59.7 Å². The molecule has 0 heterocycles. The number of rotatable bonds is 13. The predicted octanol–water partition coefficient (Wildman–Crippen LogP) is 7.45. The van der Waals surface area contributed by atoms with Crippen molar-refractivity contribution in [2.75, 3.05) is 18.5 Å². The number of hydrogen-bond acceptors (Lipinski definition) is 2. The van der Waals surface area contributed by atoms with Gasteiger partial charge in [0.25, 0.3) is 0 Å². The maximum atomic E-state index is 5.85. The maximum Gasteiger partial charge on any atom is 0.119 e. The molecule has 0 bridgehead atoms. The molecule has 1 N–H and O–H groups in total. The van der Waals surface area contributed by atoms with Crippen molar-refractivity contribution >= 4 is 5.69 Å². The van der Waals surface area contributed by atoms with E-state index in [0.717, 1.165) is 37.4 Å². The van der Waals surface area contributed by atoms with Gasteiger partial charge in [-0.25, -0.2) is 0 Å². The highest BCUT2D eigenvalue weighted by Crippen LogP contribution is 2.20. The first kappa shape index (κ1) is 22.3. The van der Waals surface area contributed by atoms with Gasteiger partial charge < -0.3 is 10.1 Å². The highest BCUT2D eigenvalue weighted by Gasteiger charge is 2.06. The van der Waals surface area contributed by atoms with E-state index >= 15 is 0 Å². The standard InChI is InChI=1S/C26H39NO/c1-5-6-7-8-9-18-28-26-16-14-25(15-17-26)27-20-22(4)24-12-10-23(11-13-24)19-21(2)3/h10-17,21-22,27H,5-9,18-20H2,1-4H3. The van der Waals surface area contributed by atoms with Crippen LogP contribution < -0.4 is 10.1 Å². The normalized spacial score (nSPS) is 12.2. The van der Waals surface area contributed by atoms with Crippen molar-refractivity contribution in [1.29, 1.82) is 0 Å². The predicted molar refractivity (Wildman–Crippen MR) is 123 cm³/mol. The molecule has 0 aromatic heterocycles. The molecule has 0 spiro atoms. The maximum absolute atomic E-state index is 5.85. The molecule has 1 atom stereocenters. The van der Waals surface area contributed by atoms with Crippen LogP contribution >= 0.6 is 0 Å². The summed E-state index contributed by atoms with van der Waals surface area (Å²) in [5.41, 5.74) is 3.97. The Labute approximate surface area is 172 Å². The van der Waals surface area contributed by atoms with Crippen LogP contribution in [0.2, 0.25) is 0 Å². The highest BCUT2D eigenvalue weighted by atomic mass is 16.5. The van der Waals surface area contributed by atoms with Gasteiger partial charge in [-0.3, -0.25) is 0 Å². The monoisotopic (exact) mass is 381 g/mol. The molecule has 0 saturated heterocycles. The fraction of sp³-hybridized carbons (Fsp3) is 0.538. The van der Waals surface area contributed by atoms with Gasteiger partial charge in [0.1, 0.15) is 5.75 Å². The van der Waals surface area contributed by atoms with Crippen molar-refractivity contribution in [2.45, 2.75) is 72.1 Å². The van der Waals surface area contributed by atoms with E-state index in [1.165, 1.54) is 36.8 Å². The lowest BCUT2D eigenvalue weighted by molar-refractivity contribution is 0.304. The molecule has 0 radical (unpaired) electrons. The lowest BCUT2D eigenvalue weighted by Gasteiger charge is -2.15. The lowest BCUT2D eigenvalue weighted by atomic mass is 9.97. The van der Waals surface area contributed by atoms with Crippen molar-refractivity contribution < 1.29 is 4.74 Å². The Morgan fingerprint density at radius 3 is 2.14 bits per heavy atom. The molecule has 2 aromatic carbocycles. The zero-order chi connectivity index (χ0) is 20.2. The van der Waals surface area contributed by atoms with E-state index in [2.05, 4.69) is 81.5 Å². The van der Waals surface area contributed by atoms with Crippen LogP contribution in [0, 0.1) is 5.92 Å².